The molecule has 0 saturated heterocycles. The van der Waals surface area contributed by atoms with Gasteiger partial charge in [-0.25, -0.2) is 4.98 Å². The molecule has 4 rings (SSSR count). The molecule has 1 aliphatic rings. The van der Waals surface area contributed by atoms with E-state index in [1.54, 1.807) is 0 Å². The first-order valence-electron chi connectivity index (χ1n) is 9.13. The Kier molecular flexibility index (Phi) is 3.94. The molecule has 0 aliphatic heterocycles. The Bertz CT molecular complexity index is 923. The van der Waals surface area contributed by atoms with Gasteiger partial charge >= 0.3 is 0 Å². The van der Waals surface area contributed by atoms with E-state index >= 15 is 0 Å². The molecule has 5 heteroatoms. The van der Waals surface area contributed by atoms with Crippen LogP contribution in [-0.2, 0) is 0 Å². The van der Waals surface area contributed by atoms with Crippen molar-refractivity contribution in [3.63, 3.8) is 0 Å². The Morgan fingerprint density at radius 3 is 2.68 bits per heavy atom. The van der Waals surface area contributed by atoms with Gasteiger partial charge in [-0.15, -0.1) is 0 Å². The average Bonchev–Trinajstić information content (AvgIpc) is 3.32. The Labute approximate surface area is 148 Å². The van der Waals surface area contributed by atoms with E-state index in [1.165, 1.54) is 29.5 Å². The fourth-order valence-electron chi connectivity index (χ4n) is 3.72. The third kappa shape index (κ3) is 2.99. The van der Waals surface area contributed by atoms with E-state index in [4.69, 9.17) is 4.98 Å². The van der Waals surface area contributed by atoms with Gasteiger partial charge < -0.3 is 5.32 Å². The van der Waals surface area contributed by atoms with E-state index in [-0.39, 0.29) is 0 Å². The van der Waals surface area contributed by atoms with Crippen molar-refractivity contribution in [2.45, 2.75) is 52.9 Å². The summed E-state index contributed by atoms with van der Waals surface area (Å²) < 4.78 is 1.85. The van der Waals surface area contributed by atoms with Gasteiger partial charge in [-0.2, -0.15) is 14.6 Å². The Balaban J connectivity index is 1.78. The van der Waals surface area contributed by atoms with Gasteiger partial charge in [0.05, 0.1) is 6.20 Å². The molecule has 1 atom stereocenters. The van der Waals surface area contributed by atoms with Crippen LogP contribution < -0.4 is 5.32 Å². The summed E-state index contributed by atoms with van der Waals surface area (Å²) in [4.78, 5) is 9.30. The average molecular weight is 335 g/mol. The zero-order valence-electron chi connectivity index (χ0n) is 15.4. The molecule has 2 aromatic heterocycles. The minimum absolute atomic E-state index is 0.556. The zero-order chi connectivity index (χ0) is 17.6. The second-order valence-corrected chi connectivity index (χ2v) is 7.23. The summed E-state index contributed by atoms with van der Waals surface area (Å²) >= 11 is 0. The number of nitrogens with zero attached hydrogens (tertiary/aromatic N) is 4. The summed E-state index contributed by atoms with van der Waals surface area (Å²) in [6.07, 6.45) is 5.78. The standard InChI is InChI=1S/C20H25N5/c1-5-16(15-7-8-15)17-11-21-25-19(17)22-14(4)23-20(25)24-18-9-6-12(2)10-13(18)3/h6,9-11,15-16H,5,7-8H2,1-4H3,(H,22,23,24). The number of benzene rings is 1. The highest BCUT2D eigenvalue weighted by Gasteiger charge is 2.33. The Hall–Kier alpha value is -2.43. The molecule has 1 aromatic carbocycles. The van der Waals surface area contributed by atoms with Crippen LogP contribution in [0.4, 0.5) is 11.6 Å². The molecule has 0 spiro atoms. The monoisotopic (exact) mass is 335 g/mol. The van der Waals surface area contributed by atoms with Gasteiger partial charge in [-0.05, 0) is 63.5 Å². The van der Waals surface area contributed by atoms with Crippen LogP contribution in [0.2, 0.25) is 0 Å². The minimum Gasteiger partial charge on any atom is -0.324 e. The van der Waals surface area contributed by atoms with Crippen LogP contribution in [0.15, 0.2) is 24.4 Å². The lowest BCUT2D eigenvalue weighted by Crippen LogP contribution is -2.08. The number of rotatable bonds is 5. The van der Waals surface area contributed by atoms with Crippen LogP contribution >= 0.6 is 0 Å². The number of aryl methyl sites for hydroxylation is 3. The molecule has 130 valence electrons. The van der Waals surface area contributed by atoms with E-state index in [9.17, 15) is 0 Å². The number of hydrogen-bond acceptors (Lipinski definition) is 4. The van der Waals surface area contributed by atoms with Crippen molar-refractivity contribution in [2.24, 2.45) is 5.92 Å². The number of anilines is 2. The summed E-state index contributed by atoms with van der Waals surface area (Å²) in [6.45, 7) is 8.42. The van der Waals surface area contributed by atoms with Crippen molar-refractivity contribution < 1.29 is 0 Å². The van der Waals surface area contributed by atoms with Gasteiger partial charge in [-0.1, -0.05) is 24.6 Å². The molecule has 0 bridgehead atoms. The number of nitrogens with one attached hydrogen (secondary N) is 1. The normalized spacial score (nSPS) is 15.5. The number of hydrogen-bond donors (Lipinski definition) is 1. The van der Waals surface area contributed by atoms with Crippen molar-refractivity contribution in [1.29, 1.82) is 0 Å². The van der Waals surface area contributed by atoms with E-state index in [0.717, 1.165) is 35.4 Å². The van der Waals surface area contributed by atoms with E-state index in [0.29, 0.717) is 5.92 Å². The van der Waals surface area contributed by atoms with Crippen LogP contribution in [0.3, 0.4) is 0 Å². The van der Waals surface area contributed by atoms with Crippen LogP contribution in [0.5, 0.6) is 0 Å². The SMILES string of the molecule is CCC(c1cnn2c(Nc3ccc(C)cc3C)nc(C)nc12)C1CC1. The molecule has 1 N–H and O–H groups in total. The lowest BCUT2D eigenvalue weighted by molar-refractivity contribution is 0.589. The van der Waals surface area contributed by atoms with Crippen molar-refractivity contribution in [2.75, 3.05) is 5.32 Å². The van der Waals surface area contributed by atoms with Crippen molar-refractivity contribution >= 4 is 17.3 Å². The topological polar surface area (TPSA) is 55.1 Å². The molecule has 1 fully saturated rings. The van der Waals surface area contributed by atoms with Gasteiger partial charge in [0.1, 0.15) is 5.82 Å². The third-order valence-corrected chi connectivity index (χ3v) is 5.17. The highest BCUT2D eigenvalue weighted by molar-refractivity contribution is 5.62. The molecule has 25 heavy (non-hydrogen) atoms. The maximum atomic E-state index is 4.70. The fraction of sp³-hybridized carbons (Fsp3) is 0.450. The second kappa shape index (κ2) is 6.14. The van der Waals surface area contributed by atoms with Gasteiger partial charge in [-0.3, -0.25) is 0 Å². The van der Waals surface area contributed by atoms with E-state index in [2.05, 4.69) is 54.4 Å². The smallest absolute Gasteiger partial charge is 0.232 e. The molecule has 0 radical (unpaired) electrons. The summed E-state index contributed by atoms with van der Waals surface area (Å²) in [5, 5.41) is 8.06. The second-order valence-electron chi connectivity index (χ2n) is 7.23. The molecule has 3 aromatic rings. The van der Waals surface area contributed by atoms with Crippen molar-refractivity contribution in [3.8, 4) is 0 Å². The number of fused-ring (bicyclic) bond motifs is 1. The summed E-state index contributed by atoms with van der Waals surface area (Å²) in [7, 11) is 0. The summed E-state index contributed by atoms with van der Waals surface area (Å²) in [6, 6.07) is 6.37. The molecule has 0 amide bonds. The quantitative estimate of drug-likeness (QED) is 0.734. The molecule has 1 saturated carbocycles. The molecule has 2 heterocycles. The summed E-state index contributed by atoms with van der Waals surface area (Å²) in [5.41, 5.74) is 5.71. The maximum Gasteiger partial charge on any atom is 0.232 e. The Morgan fingerprint density at radius 2 is 2.00 bits per heavy atom. The predicted octanol–water partition coefficient (Wildman–Crippen LogP) is 4.70. The Morgan fingerprint density at radius 1 is 1.20 bits per heavy atom. The van der Waals surface area contributed by atoms with Gasteiger partial charge in [0.25, 0.3) is 0 Å². The largest absolute Gasteiger partial charge is 0.324 e. The first kappa shape index (κ1) is 16.1. The fourth-order valence-corrected chi connectivity index (χ4v) is 3.72. The maximum absolute atomic E-state index is 4.70. The van der Waals surface area contributed by atoms with Crippen LogP contribution in [0.1, 0.15) is 54.6 Å². The highest BCUT2D eigenvalue weighted by atomic mass is 15.3. The molecular formula is C20H25N5. The lowest BCUT2D eigenvalue weighted by Gasteiger charge is -2.14. The molecular weight excluding hydrogens is 310 g/mol. The first-order valence-corrected chi connectivity index (χ1v) is 9.13. The predicted molar refractivity (Wildman–Crippen MR) is 100 cm³/mol. The van der Waals surface area contributed by atoms with Gasteiger partial charge in [0.15, 0.2) is 5.65 Å². The van der Waals surface area contributed by atoms with Crippen LogP contribution in [-0.4, -0.2) is 19.6 Å². The van der Waals surface area contributed by atoms with Gasteiger partial charge in [0.2, 0.25) is 5.95 Å². The van der Waals surface area contributed by atoms with Crippen LogP contribution in [0, 0.1) is 26.7 Å². The molecule has 1 aliphatic carbocycles. The third-order valence-electron chi connectivity index (χ3n) is 5.17. The van der Waals surface area contributed by atoms with E-state index in [1.807, 2.05) is 17.6 Å². The number of aromatic nitrogens is 4. The zero-order valence-corrected chi connectivity index (χ0v) is 15.4. The van der Waals surface area contributed by atoms with Crippen molar-refractivity contribution in [3.05, 3.63) is 46.9 Å². The lowest BCUT2D eigenvalue weighted by atomic mass is 9.94. The highest BCUT2D eigenvalue weighted by Crippen LogP contribution is 2.45. The minimum atomic E-state index is 0.556. The summed E-state index contributed by atoms with van der Waals surface area (Å²) in [5.74, 6) is 2.85. The van der Waals surface area contributed by atoms with E-state index < -0.39 is 0 Å². The van der Waals surface area contributed by atoms with Gasteiger partial charge in [0, 0.05) is 11.3 Å². The first-order chi connectivity index (χ1) is 12.1. The molecule has 5 nitrogen and oxygen atoms in total. The molecule has 1 unspecified atom stereocenters. The van der Waals surface area contributed by atoms with Crippen LogP contribution in [0.25, 0.3) is 5.65 Å². The van der Waals surface area contributed by atoms with Crippen molar-refractivity contribution in [1.82, 2.24) is 19.6 Å².